The Kier molecular flexibility index (Phi) is 5.03. The third kappa shape index (κ3) is 3.77. The molecule has 0 aliphatic rings. The van der Waals surface area contributed by atoms with E-state index in [0.717, 1.165) is 11.1 Å². The average Bonchev–Trinajstić information content (AvgIpc) is 2.48. The van der Waals surface area contributed by atoms with Crippen LogP contribution >= 0.6 is 0 Å². The highest BCUT2D eigenvalue weighted by Crippen LogP contribution is 2.27. The van der Waals surface area contributed by atoms with Crippen molar-refractivity contribution in [2.24, 2.45) is 0 Å². The fraction of sp³-hybridized carbons (Fsp3) is 0.222. The second-order valence-corrected chi connectivity index (χ2v) is 7.00. The smallest absolute Gasteiger partial charge is 0.261 e. The predicted octanol–water partition coefficient (Wildman–Crippen LogP) is 4.48. The molecule has 0 aliphatic heterocycles. The van der Waals surface area contributed by atoms with Crippen LogP contribution in [0.15, 0.2) is 65.6 Å². The molecular formula is C18H21NO2S. The van der Waals surface area contributed by atoms with Crippen molar-refractivity contribution in [3.05, 3.63) is 71.8 Å². The van der Waals surface area contributed by atoms with Crippen LogP contribution in [0, 0.1) is 6.92 Å². The summed E-state index contributed by atoms with van der Waals surface area (Å²) in [4.78, 5) is 0.270. The van der Waals surface area contributed by atoms with Gasteiger partial charge in [-0.15, -0.1) is 0 Å². The SMILES string of the molecule is CC=CC(C)c1ccccc1NS(=O)(=O)c1ccc(C)cc1. The molecule has 1 atom stereocenters. The summed E-state index contributed by atoms with van der Waals surface area (Å²) in [7, 11) is -3.58. The Morgan fingerprint density at radius 2 is 1.68 bits per heavy atom. The van der Waals surface area contributed by atoms with Gasteiger partial charge in [0.05, 0.1) is 10.6 Å². The average molecular weight is 315 g/mol. The minimum Gasteiger partial charge on any atom is -0.279 e. The Morgan fingerprint density at radius 1 is 1.05 bits per heavy atom. The molecule has 0 aliphatic carbocycles. The number of sulfonamides is 1. The van der Waals surface area contributed by atoms with Crippen LogP contribution in [-0.4, -0.2) is 8.42 Å². The lowest BCUT2D eigenvalue weighted by atomic mass is 9.99. The van der Waals surface area contributed by atoms with Crippen molar-refractivity contribution < 1.29 is 8.42 Å². The van der Waals surface area contributed by atoms with Crippen molar-refractivity contribution in [2.75, 3.05) is 4.72 Å². The molecule has 0 amide bonds. The summed E-state index contributed by atoms with van der Waals surface area (Å²) in [5, 5.41) is 0. The number of nitrogens with one attached hydrogen (secondary N) is 1. The van der Waals surface area contributed by atoms with E-state index in [1.54, 1.807) is 30.3 Å². The first-order valence-electron chi connectivity index (χ1n) is 7.25. The van der Waals surface area contributed by atoms with Crippen molar-refractivity contribution in [3.8, 4) is 0 Å². The van der Waals surface area contributed by atoms with E-state index in [1.807, 2.05) is 51.1 Å². The Hall–Kier alpha value is -2.07. The summed E-state index contributed by atoms with van der Waals surface area (Å²) in [6.45, 7) is 5.92. The largest absolute Gasteiger partial charge is 0.279 e. The van der Waals surface area contributed by atoms with Gasteiger partial charge in [0.2, 0.25) is 0 Å². The Bertz CT molecular complexity index is 762. The normalized spacial score (nSPS) is 13.2. The van der Waals surface area contributed by atoms with Gasteiger partial charge in [-0.1, -0.05) is 55.0 Å². The van der Waals surface area contributed by atoms with Gasteiger partial charge in [0.25, 0.3) is 10.0 Å². The van der Waals surface area contributed by atoms with E-state index in [-0.39, 0.29) is 10.8 Å². The number of hydrogen-bond acceptors (Lipinski definition) is 2. The molecule has 0 fully saturated rings. The monoisotopic (exact) mass is 315 g/mol. The number of aryl methyl sites for hydroxylation is 1. The summed E-state index contributed by atoms with van der Waals surface area (Å²) in [5.74, 6) is 0.141. The van der Waals surface area contributed by atoms with E-state index in [1.165, 1.54) is 0 Å². The van der Waals surface area contributed by atoms with Crippen molar-refractivity contribution in [2.45, 2.75) is 31.6 Å². The van der Waals surface area contributed by atoms with Crippen molar-refractivity contribution in [1.82, 2.24) is 0 Å². The summed E-state index contributed by atoms with van der Waals surface area (Å²) < 4.78 is 27.7. The number of allylic oxidation sites excluding steroid dienone is 2. The minimum absolute atomic E-state index is 0.141. The molecule has 0 heterocycles. The molecule has 3 nitrogen and oxygen atoms in total. The molecule has 1 unspecified atom stereocenters. The van der Waals surface area contributed by atoms with E-state index in [0.29, 0.717) is 5.69 Å². The first kappa shape index (κ1) is 16.3. The second kappa shape index (κ2) is 6.79. The predicted molar refractivity (Wildman–Crippen MR) is 91.7 cm³/mol. The number of rotatable bonds is 5. The first-order valence-corrected chi connectivity index (χ1v) is 8.73. The fourth-order valence-corrected chi connectivity index (χ4v) is 3.39. The van der Waals surface area contributed by atoms with Gasteiger partial charge >= 0.3 is 0 Å². The lowest BCUT2D eigenvalue weighted by Gasteiger charge is -2.15. The molecule has 2 aromatic carbocycles. The van der Waals surface area contributed by atoms with E-state index in [9.17, 15) is 8.42 Å². The molecule has 116 valence electrons. The molecule has 0 radical (unpaired) electrons. The Labute approximate surface area is 132 Å². The molecule has 2 aromatic rings. The van der Waals surface area contributed by atoms with Gasteiger partial charge in [0.15, 0.2) is 0 Å². The molecule has 2 rings (SSSR count). The summed E-state index contributed by atoms with van der Waals surface area (Å²) >= 11 is 0. The van der Waals surface area contributed by atoms with Crippen LogP contribution in [0.3, 0.4) is 0 Å². The maximum Gasteiger partial charge on any atom is 0.261 e. The molecule has 0 aromatic heterocycles. The van der Waals surface area contributed by atoms with E-state index in [2.05, 4.69) is 4.72 Å². The van der Waals surface area contributed by atoms with Gasteiger partial charge in [0.1, 0.15) is 0 Å². The van der Waals surface area contributed by atoms with Gasteiger partial charge < -0.3 is 0 Å². The van der Waals surface area contributed by atoms with Gasteiger partial charge in [-0.05, 0) is 37.6 Å². The van der Waals surface area contributed by atoms with Gasteiger partial charge in [-0.2, -0.15) is 0 Å². The molecule has 1 N–H and O–H groups in total. The fourth-order valence-electron chi connectivity index (χ4n) is 2.30. The maximum atomic E-state index is 12.5. The zero-order valence-corrected chi connectivity index (χ0v) is 13.9. The van der Waals surface area contributed by atoms with E-state index in [4.69, 9.17) is 0 Å². The van der Waals surface area contributed by atoms with E-state index >= 15 is 0 Å². The lowest BCUT2D eigenvalue weighted by molar-refractivity contribution is 0.601. The number of para-hydroxylation sites is 1. The Morgan fingerprint density at radius 3 is 2.32 bits per heavy atom. The van der Waals surface area contributed by atoms with Crippen LogP contribution in [0.25, 0.3) is 0 Å². The highest BCUT2D eigenvalue weighted by molar-refractivity contribution is 7.92. The van der Waals surface area contributed by atoms with Crippen LogP contribution in [-0.2, 0) is 10.0 Å². The summed E-state index contributed by atoms with van der Waals surface area (Å²) in [6, 6.07) is 14.3. The number of hydrogen-bond donors (Lipinski definition) is 1. The minimum atomic E-state index is -3.58. The van der Waals surface area contributed by atoms with Crippen LogP contribution < -0.4 is 4.72 Å². The number of benzene rings is 2. The number of anilines is 1. The molecule has 4 heteroatoms. The maximum absolute atomic E-state index is 12.5. The first-order chi connectivity index (χ1) is 10.4. The lowest BCUT2D eigenvalue weighted by Crippen LogP contribution is -2.14. The topological polar surface area (TPSA) is 46.2 Å². The Balaban J connectivity index is 2.36. The molecule has 0 bridgehead atoms. The van der Waals surface area contributed by atoms with Gasteiger partial charge in [-0.25, -0.2) is 8.42 Å². The van der Waals surface area contributed by atoms with Gasteiger partial charge in [0, 0.05) is 5.92 Å². The van der Waals surface area contributed by atoms with E-state index < -0.39 is 10.0 Å². The zero-order valence-electron chi connectivity index (χ0n) is 13.1. The van der Waals surface area contributed by atoms with Crippen LogP contribution in [0.4, 0.5) is 5.69 Å². The standard InChI is InChI=1S/C18H21NO2S/c1-4-7-15(3)17-8-5-6-9-18(17)19-22(20,21)16-12-10-14(2)11-13-16/h4-13,15,19H,1-3H3. The molecule has 0 saturated carbocycles. The molecule has 0 spiro atoms. The van der Waals surface area contributed by atoms with Gasteiger partial charge in [-0.3, -0.25) is 4.72 Å². The summed E-state index contributed by atoms with van der Waals surface area (Å²) in [6.07, 6.45) is 4.01. The van der Waals surface area contributed by atoms with Crippen LogP contribution in [0.5, 0.6) is 0 Å². The quantitative estimate of drug-likeness (QED) is 0.827. The summed E-state index contributed by atoms with van der Waals surface area (Å²) in [5.41, 5.74) is 2.60. The highest BCUT2D eigenvalue weighted by atomic mass is 32.2. The third-order valence-corrected chi connectivity index (χ3v) is 4.89. The zero-order chi connectivity index (χ0) is 16.2. The van der Waals surface area contributed by atoms with Crippen molar-refractivity contribution in [1.29, 1.82) is 0 Å². The van der Waals surface area contributed by atoms with Crippen molar-refractivity contribution in [3.63, 3.8) is 0 Å². The van der Waals surface area contributed by atoms with Crippen LogP contribution in [0.1, 0.15) is 30.9 Å². The molecular weight excluding hydrogens is 294 g/mol. The highest BCUT2D eigenvalue weighted by Gasteiger charge is 2.16. The molecule has 0 saturated heterocycles. The third-order valence-electron chi connectivity index (χ3n) is 3.51. The van der Waals surface area contributed by atoms with Crippen LogP contribution in [0.2, 0.25) is 0 Å². The second-order valence-electron chi connectivity index (χ2n) is 5.32. The molecule has 22 heavy (non-hydrogen) atoms. The van der Waals surface area contributed by atoms with Crippen molar-refractivity contribution >= 4 is 15.7 Å².